The van der Waals surface area contributed by atoms with Gasteiger partial charge in [0.1, 0.15) is 0 Å². The Labute approximate surface area is 97.6 Å². The fourth-order valence-electron chi connectivity index (χ4n) is 1.19. The van der Waals surface area contributed by atoms with Gasteiger partial charge in [0, 0.05) is 11.8 Å². The van der Waals surface area contributed by atoms with E-state index >= 15 is 0 Å². The summed E-state index contributed by atoms with van der Waals surface area (Å²) in [7, 11) is 0. The van der Waals surface area contributed by atoms with E-state index in [9.17, 15) is 4.79 Å². The van der Waals surface area contributed by atoms with Gasteiger partial charge < -0.3 is 11.1 Å². The molecule has 0 fully saturated rings. The highest BCUT2D eigenvalue weighted by Crippen LogP contribution is 2.06. The first-order valence-corrected chi connectivity index (χ1v) is 6.82. The molecule has 3 nitrogen and oxygen atoms in total. The number of thioether (sulfide) groups is 1. The van der Waals surface area contributed by atoms with Crippen molar-refractivity contribution in [3.63, 3.8) is 0 Å². The van der Waals surface area contributed by atoms with Crippen molar-refractivity contribution >= 4 is 17.7 Å². The van der Waals surface area contributed by atoms with Gasteiger partial charge in [-0.1, -0.05) is 27.2 Å². The van der Waals surface area contributed by atoms with Crippen molar-refractivity contribution in [2.24, 2.45) is 11.7 Å². The Bertz CT molecular complexity index is 187. The predicted molar refractivity (Wildman–Crippen MR) is 68.0 cm³/mol. The monoisotopic (exact) mass is 232 g/mol. The van der Waals surface area contributed by atoms with Crippen molar-refractivity contribution in [2.75, 3.05) is 11.5 Å². The van der Waals surface area contributed by atoms with Crippen molar-refractivity contribution in [3.05, 3.63) is 0 Å². The molecule has 0 saturated carbocycles. The van der Waals surface area contributed by atoms with Crippen molar-refractivity contribution in [1.82, 2.24) is 5.32 Å². The van der Waals surface area contributed by atoms with Crippen LogP contribution in [0.4, 0.5) is 0 Å². The van der Waals surface area contributed by atoms with Gasteiger partial charge in [-0.3, -0.25) is 4.79 Å². The molecule has 0 heterocycles. The van der Waals surface area contributed by atoms with Gasteiger partial charge in [0.15, 0.2) is 0 Å². The summed E-state index contributed by atoms with van der Waals surface area (Å²) in [5.41, 5.74) is 5.83. The van der Waals surface area contributed by atoms with E-state index in [-0.39, 0.29) is 23.9 Å². The molecule has 90 valence electrons. The highest BCUT2D eigenvalue weighted by Gasteiger charge is 2.20. The minimum atomic E-state index is -0.371. The summed E-state index contributed by atoms with van der Waals surface area (Å²) in [5, 5.41) is 2.94. The highest BCUT2D eigenvalue weighted by atomic mass is 32.2. The Kier molecular flexibility index (Phi) is 7.88. The number of amides is 1. The molecule has 0 aliphatic carbocycles. The van der Waals surface area contributed by atoms with Crippen molar-refractivity contribution in [3.8, 4) is 0 Å². The van der Waals surface area contributed by atoms with E-state index in [1.54, 1.807) is 0 Å². The zero-order valence-corrected chi connectivity index (χ0v) is 11.1. The third-order valence-corrected chi connectivity index (χ3v) is 3.66. The molecule has 1 unspecified atom stereocenters. The summed E-state index contributed by atoms with van der Waals surface area (Å²) < 4.78 is 0. The lowest BCUT2D eigenvalue weighted by atomic mass is 9.99. The van der Waals surface area contributed by atoms with Gasteiger partial charge in [-0.15, -0.1) is 0 Å². The molecule has 4 heteroatoms. The zero-order chi connectivity index (χ0) is 11.8. The first-order valence-electron chi connectivity index (χ1n) is 5.66. The lowest BCUT2D eigenvalue weighted by molar-refractivity contribution is -0.123. The molecular formula is C11H24N2OS. The molecule has 0 spiro atoms. The fraction of sp³-hybridized carbons (Fsp3) is 0.909. The number of rotatable bonds is 7. The van der Waals surface area contributed by atoms with E-state index in [1.165, 1.54) is 0 Å². The van der Waals surface area contributed by atoms with E-state index in [0.29, 0.717) is 0 Å². The number of nitrogens with one attached hydrogen (secondary N) is 1. The van der Waals surface area contributed by atoms with Crippen molar-refractivity contribution in [1.29, 1.82) is 0 Å². The topological polar surface area (TPSA) is 55.1 Å². The maximum absolute atomic E-state index is 11.7. The molecule has 3 atom stereocenters. The lowest BCUT2D eigenvalue weighted by Crippen LogP contribution is -2.48. The predicted octanol–water partition coefficient (Wildman–Crippen LogP) is 1.62. The third-order valence-electron chi connectivity index (χ3n) is 2.52. The van der Waals surface area contributed by atoms with Crippen LogP contribution in [0.15, 0.2) is 0 Å². The summed E-state index contributed by atoms with van der Waals surface area (Å²) in [6, 6.07) is -0.165. The molecule has 0 saturated heterocycles. The van der Waals surface area contributed by atoms with Crippen LogP contribution >= 0.6 is 11.8 Å². The van der Waals surface area contributed by atoms with E-state index in [4.69, 9.17) is 5.73 Å². The van der Waals surface area contributed by atoms with Crippen LogP contribution in [0.2, 0.25) is 0 Å². The maximum atomic E-state index is 11.7. The van der Waals surface area contributed by atoms with Gasteiger partial charge in [0.05, 0.1) is 6.04 Å². The largest absolute Gasteiger partial charge is 0.351 e. The quantitative estimate of drug-likeness (QED) is 0.701. The molecule has 0 bridgehead atoms. The van der Waals surface area contributed by atoms with Crippen LogP contribution in [-0.2, 0) is 4.79 Å². The Morgan fingerprint density at radius 3 is 2.47 bits per heavy atom. The smallest absolute Gasteiger partial charge is 0.237 e. The SMILES string of the molecule is CCSCC(C)NC(=O)[C@@H](N)[C@@H](C)CC. The van der Waals surface area contributed by atoms with Gasteiger partial charge >= 0.3 is 0 Å². The highest BCUT2D eigenvalue weighted by molar-refractivity contribution is 7.99. The summed E-state index contributed by atoms with van der Waals surface area (Å²) >= 11 is 1.83. The Morgan fingerprint density at radius 2 is 2.00 bits per heavy atom. The minimum Gasteiger partial charge on any atom is -0.351 e. The molecule has 0 aliphatic heterocycles. The standard InChI is InChI=1S/C11H24N2OS/c1-5-8(3)10(12)11(14)13-9(4)7-15-6-2/h8-10H,5-7,12H2,1-4H3,(H,13,14)/t8-,9?,10-/m0/s1. The Morgan fingerprint density at radius 1 is 1.40 bits per heavy atom. The summed E-state index contributed by atoms with van der Waals surface area (Å²) in [4.78, 5) is 11.7. The average Bonchev–Trinajstić information content (AvgIpc) is 2.23. The normalized spacial score (nSPS) is 16.9. The minimum absolute atomic E-state index is 0.0199. The van der Waals surface area contributed by atoms with Gasteiger partial charge in [0.2, 0.25) is 5.91 Å². The molecule has 3 N–H and O–H groups in total. The third kappa shape index (κ3) is 6.05. The molecule has 1 amide bonds. The van der Waals surface area contributed by atoms with E-state index in [1.807, 2.05) is 32.5 Å². The van der Waals surface area contributed by atoms with Crippen LogP contribution < -0.4 is 11.1 Å². The van der Waals surface area contributed by atoms with Crippen LogP contribution in [-0.4, -0.2) is 29.5 Å². The summed E-state index contributed by atoms with van der Waals surface area (Å²) in [6.45, 7) is 8.19. The maximum Gasteiger partial charge on any atom is 0.237 e. The summed E-state index contributed by atoms with van der Waals surface area (Å²) in [5.74, 6) is 2.26. The van der Waals surface area contributed by atoms with Crippen LogP contribution in [0.5, 0.6) is 0 Å². The van der Waals surface area contributed by atoms with Gasteiger partial charge in [-0.25, -0.2) is 0 Å². The average molecular weight is 232 g/mol. The molecule has 0 radical (unpaired) electrons. The van der Waals surface area contributed by atoms with Crippen LogP contribution in [0, 0.1) is 5.92 Å². The molecule has 0 rings (SSSR count). The molecule has 15 heavy (non-hydrogen) atoms. The molecule has 0 aromatic carbocycles. The summed E-state index contributed by atoms with van der Waals surface area (Å²) in [6.07, 6.45) is 0.937. The second-order valence-electron chi connectivity index (χ2n) is 3.98. The van der Waals surface area contributed by atoms with Gasteiger partial charge in [-0.2, -0.15) is 11.8 Å². The number of hydrogen-bond donors (Lipinski definition) is 2. The second-order valence-corrected chi connectivity index (χ2v) is 5.30. The van der Waals surface area contributed by atoms with Crippen molar-refractivity contribution < 1.29 is 4.79 Å². The van der Waals surface area contributed by atoms with E-state index in [2.05, 4.69) is 12.2 Å². The Balaban J connectivity index is 3.90. The second kappa shape index (κ2) is 7.99. The molecule has 0 aromatic rings. The fourth-order valence-corrected chi connectivity index (χ4v) is 1.86. The van der Waals surface area contributed by atoms with Crippen molar-refractivity contribution in [2.45, 2.75) is 46.2 Å². The van der Waals surface area contributed by atoms with E-state index < -0.39 is 0 Å². The zero-order valence-electron chi connectivity index (χ0n) is 10.2. The first kappa shape index (κ1) is 14.8. The first-order chi connectivity index (χ1) is 7.02. The molecule has 0 aromatic heterocycles. The number of nitrogens with two attached hydrogens (primary N) is 1. The van der Waals surface area contributed by atoms with E-state index in [0.717, 1.165) is 17.9 Å². The number of hydrogen-bond acceptors (Lipinski definition) is 3. The molecular weight excluding hydrogens is 208 g/mol. The van der Waals surface area contributed by atoms with Crippen LogP contribution in [0.25, 0.3) is 0 Å². The molecule has 0 aliphatic rings. The lowest BCUT2D eigenvalue weighted by Gasteiger charge is -2.20. The van der Waals surface area contributed by atoms with Crippen LogP contribution in [0.3, 0.4) is 0 Å². The van der Waals surface area contributed by atoms with Crippen LogP contribution in [0.1, 0.15) is 34.1 Å². The Hall–Kier alpha value is -0.220. The van der Waals surface area contributed by atoms with Gasteiger partial charge in [-0.05, 0) is 18.6 Å². The number of carbonyl (C=O) groups excluding carboxylic acids is 1. The van der Waals surface area contributed by atoms with Gasteiger partial charge in [0.25, 0.3) is 0 Å². The number of carbonyl (C=O) groups is 1.